The Hall–Kier alpha value is -0.340. The molecule has 0 radical (unpaired) electrons. The van der Waals surface area contributed by atoms with Gasteiger partial charge in [0.1, 0.15) is 0 Å². The molecule has 3 rings (SSSR count). The summed E-state index contributed by atoms with van der Waals surface area (Å²) in [7, 11) is 0. The second kappa shape index (κ2) is 4.50. The molecule has 1 saturated carbocycles. The summed E-state index contributed by atoms with van der Waals surface area (Å²) in [5.41, 5.74) is 3.24. The number of hydrogen-bond donors (Lipinski definition) is 1. The summed E-state index contributed by atoms with van der Waals surface area (Å²) in [5.74, 6) is 0. The third kappa shape index (κ3) is 2.05. The molecule has 1 heterocycles. The van der Waals surface area contributed by atoms with E-state index in [4.69, 9.17) is 0 Å². The fourth-order valence-corrected chi connectivity index (χ4v) is 3.67. The van der Waals surface area contributed by atoms with Crippen molar-refractivity contribution < 1.29 is 5.11 Å². The smallest absolute Gasteiger partial charge is 0.0581 e. The third-order valence-electron chi connectivity index (χ3n) is 4.64. The van der Waals surface area contributed by atoms with Gasteiger partial charge in [0, 0.05) is 19.1 Å². The maximum Gasteiger partial charge on any atom is 0.0581 e. The average molecular weight is 221 g/mol. The number of rotatable bonds is 1. The minimum Gasteiger partial charge on any atom is -0.393 e. The number of hydrogen-bond acceptors (Lipinski definition) is 2. The summed E-state index contributed by atoms with van der Waals surface area (Å²) < 4.78 is 0. The van der Waals surface area contributed by atoms with Crippen LogP contribution >= 0.6 is 0 Å². The van der Waals surface area contributed by atoms with E-state index >= 15 is 0 Å². The van der Waals surface area contributed by atoms with Crippen LogP contribution < -0.4 is 0 Å². The predicted octanol–water partition coefficient (Wildman–Crippen LogP) is 2.48. The molecule has 3 aliphatic rings. The zero-order valence-corrected chi connectivity index (χ0v) is 10.1. The van der Waals surface area contributed by atoms with E-state index in [9.17, 15) is 5.11 Å². The summed E-state index contributed by atoms with van der Waals surface area (Å²) >= 11 is 0. The van der Waals surface area contributed by atoms with Crippen LogP contribution in [-0.4, -0.2) is 35.2 Å². The first-order valence-electron chi connectivity index (χ1n) is 6.95. The van der Waals surface area contributed by atoms with Gasteiger partial charge in [-0.3, -0.25) is 4.90 Å². The van der Waals surface area contributed by atoms with Gasteiger partial charge < -0.3 is 5.11 Å². The minimum atomic E-state index is -0.0509. The van der Waals surface area contributed by atoms with Crippen LogP contribution in [0.25, 0.3) is 0 Å². The Morgan fingerprint density at radius 2 is 1.69 bits per heavy atom. The van der Waals surface area contributed by atoms with Gasteiger partial charge in [0.05, 0.1) is 6.10 Å². The molecule has 2 nitrogen and oxygen atoms in total. The summed E-state index contributed by atoms with van der Waals surface area (Å²) in [6, 6.07) is 0.844. The van der Waals surface area contributed by atoms with Crippen LogP contribution in [0.3, 0.4) is 0 Å². The lowest BCUT2D eigenvalue weighted by Crippen LogP contribution is -2.35. The van der Waals surface area contributed by atoms with E-state index in [1.54, 1.807) is 11.1 Å². The fourth-order valence-electron chi connectivity index (χ4n) is 3.67. The molecule has 2 heteroatoms. The molecule has 0 amide bonds. The van der Waals surface area contributed by atoms with E-state index in [0.29, 0.717) is 0 Å². The molecule has 1 aliphatic heterocycles. The molecule has 0 unspecified atom stereocenters. The van der Waals surface area contributed by atoms with Crippen LogP contribution in [0.2, 0.25) is 0 Å². The standard InChI is InChI=1S/C14H23NO/c16-14-7-6-11-9-15(10-12(11)8-14)13-4-2-1-3-5-13/h13-14,16H,1-10H2/t14-/m0/s1. The molecule has 1 fully saturated rings. The van der Waals surface area contributed by atoms with Crippen LogP contribution in [0.15, 0.2) is 11.1 Å². The van der Waals surface area contributed by atoms with Crippen molar-refractivity contribution in [3.63, 3.8) is 0 Å². The SMILES string of the molecule is O[C@H]1CCC2=C(C1)CN(C1CCCCC1)C2. The number of nitrogens with zero attached hydrogens (tertiary/aromatic N) is 1. The Kier molecular flexibility index (Phi) is 3.03. The lowest BCUT2D eigenvalue weighted by atomic mass is 9.92. The Morgan fingerprint density at radius 1 is 0.938 bits per heavy atom. The molecule has 0 aromatic rings. The van der Waals surface area contributed by atoms with Gasteiger partial charge in [-0.25, -0.2) is 0 Å². The minimum absolute atomic E-state index is 0.0509. The maximum absolute atomic E-state index is 9.70. The first-order valence-corrected chi connectivity index (χ1v) is 6.95. The summed E-state index contributed by atoms with van der Waals surface area (Å²) in [5, 5.41) is 9.70. The monoisotopic (exact) mass is 221 g/mol. The lowest BCUT2D eigenvalue weighted by Gasteiger charge is -2.31. The van der Waals surface area contributed by atoms with Crippen LogP contribution in [-0.2, 0) is 0 Å². The van der Waals surface area contributed by atoms with E-state index < -0.39 is 0 Å². The molecule has 90 valence electrons. The van der Waals surface area contributed by atoms with Crippen LogP contribution in [0.1, 0.15) is 51.4 Å². The predicted molar refractivity (Wildman–Crippen MR) is 65.3 cm³/mol. The zero-order valence-electron chi connectivity index (χ0n) is 10.1. The van der Waals surface area contributed by atoms with Gasteiger partial charge in [-0.15, -0.1) is 0 Å². The Morgan fingerprint density at radius 3 is 2.50 bits per heavy atom. The highest BCUT2D eigenvalue weighted by Crippen LogP contribution is 2.34. The topological polar surface area (TPSA) is 23.5 Å². The van der Waals surface area contributed by atoms with E-state index in [1.807, 2.05) is 0 Å². The fraction of sp³-hybridized carbons (Fsp3) is 0.857. The van der Waals surface area contributed by atoms with E-state index in [2.05, 4.69) is 4.90 Å². The van der Waals surface area contributed by atoms with Crippen molar-refractivity contribution >= 4 is 0 Å². The molecule has 0 aromatic heterocycles. The first-order chi connectivity index (χ1) is 7.83. The number of aliphatic hydroxyl groups excluding tert-OH is 1. The maximum atomic E-state index is 9.70. The van der Waals surface area contributed by atoms with E-state index in [-0.39, 0.29) is 6.10 Å². The highest BCUT2D eigenvalue weighted by atomic mass is 16.3. The number of aliphatic hydroxyl groups is 1. The summed E-state index contributed by atoms with van der Waals surface area (Å²) in [4.78, 5) is 2.68. The quantitative estimate of drug-likeness (QED) is 0.688. The molecular formula is C14H23NO. The highest BCUT2D eigenvalue weighted by molar-refractivity contribution is 5.26. The van der Waals surface area contributed by atoms with Gasteiger partial charge in [-0.1, -0.05) is 30.4 Å². The van der Waals surface area contributed by atoms with Gasteiger partial charge in [-0.05, 0) is 32.1 Å². The van der Waals surface area contributed by atoms with Crippen molar-refractivity contribution in [1.82, 2.24) is 4.90 Å². The van der Waals surface area contributed by atoms with Crippen LogP contribution in [0.5, 0.6) is 0 Å². The highest BCUT2D eigenvalue weighted by Gasteiger charge is 2.31. The Bertz CT molecular complexity index is 291. The molecule has 0 bridgehead atoms. The normalized spacial score (nSPS) is 33.2. The van der Waals surface area contributed by atoms with Gasteiger partial charge in [0.15, 0.2) is 0 Å². The lowest BCUT2D eigenvalue weighted by molar-refractivity contribution is 0.158. The molecule has 0 aromatic carbocycles. The molecule has 1 N–H and O–H groups in total. The molecule has 16 heavy (non-hydrogen) atoms. The second-order valence-electron chi connectivity index (χ2n) is 5.80. The van der Waals surface area contributed by atoms with Crippen molar-refractivity contribution in [1.29, 1.82) is 0 Å². The van der Waals surface area contributed by atoms with Gasteiger partial charge >= 0.3 is 0 Å². The van der Waals surface area contributed by atoms with Crippen molar-refractivity contribution in [2.45, 2.75) is 63.5 Å². The third-order valence-corrected chi connectivity index (χ3v) is 4.64. The molecule has 2 aliphatic carbocycles. The Labute approximate surface area is 98.3 Å². The largest absolute Gasteiger partial charge is 0.393 e. The van der Waals surface area contributed by atoms with Crippen molar-refractivity contribution in [3.8, 4) is 0 Å². The van der Waals surface area contributed by atoms with Gasteiger partial charge in [0.25, 0.3) is 0 Å². The van der Waals surface area contributed by atoms with Crippen molar-refractivity contribution in [3.05, 3.63) is 11.1 Å². The van der Waals surface area contributed by atoms with E-state index in [1.165, 1.54) is 38.6 Å². The molecule has 1 atom stereocenters. The summed E-state index contributed by atoms with van der Waals surface area (Å²) in [6.07, 6.45) is 10.2. The Balaban J connectivity index is 1.62. The molecular weight excluding hydrogens is 198 g/mol. The molecule has 0 saturated heterocycles. The van der Waals surface area contributed by atoms with Crippen LogP contribution in [0.4, 0.5) is 0 Å². The first kappa shape index (κ1) is 10.8. The molecule has 0 spiro atoms. The van der Waals surface area contributed by atoms with Crippen LogP contribution in [0, 0.1) is 0 Å². The second-order valence-corrected chi connectivity index (χ2v) is 5.80. The van der Waals surface area contributed by atoms with Crippen molar-refractivity contribution in [2.24, 2.45) is 0 Å². The average Bonchev–Trinajstić information content (AvgIpc) is 2.73. The van der Waals surface area contributed by atoms with Gasteiger partial charge in [0.2, 0.25) is 0 Å². The van der Waals surface area contributed by atoms with E-state index in [0.717, 1.165) is 31.8 Å². The summed E-state index contributed by atoms with van der Waals surface area (Å²) in [6.45, 7) is 2.38. The zero-order chi connectivity index (χ0) is 11.0. The van der Waals surface area contributed by atoms with Gasteiger partial charge in [-0.2, -0.15) is 0 Å². The van der Waals surface area contributed by atoms with Crippen molar-refractivity contribution in [2.75, 3.05) is 13.1 Å².